The number of esters is 2. The minimum Gasteiger partial charge on any atom is -0.496 e. The number of benzene rings is 1. The van der Waals surface area contributed by atoms with Gasteiger partial charge in [-0.3, -0.25) is 0 Å². The van der Waals surface area contributed by atoms with E-state index in [4.69, 9.17) is 18.6 Å². The number of aromatic nitrogens is 1. The van der Waals surface area contributed by atoms with E-state index in [0.29, 0.717) is 17.2 Å². The third kappa shape index (κ3) is 3.47. The van der Waals surface area contributed by atoms with Crippen molar-refractivity contribution in [1.82, 2.24) is 4.98 Å². The topological polar surface area (TPSA) is 99.9 Å². The Labute approximate surface area is 143 Å². The summed E-state index contributed by atoms with van der Waals surface area (Å²) in [6, 6.07) is 5.19. The summed E-state index contributed by atoms with van der Waals surface area (Å²) in [6.07, 6.45) is 4.14. The number of nitrogens with zero attached hydrogens (tertiary/aromatic N) is 1. The maximum absolute atomic E-state index is 11.9. The van der Waals surface area contributed by atoms with Gasteiger partial charge in [0.05, 0.1) is 18.9 Å². The van der Waals surface area contributed by atoms with Crippen molar-refractivity contribution in [3.05, 3.63) is 42.6 Å². The molecule has 1 N–H and O–H groups in total. The quantitative estimate of drug-likeness (QED) is 0.513. The summed E-state index contributed by atoms with van der Waals surface area (Å²) in [6.45, 7) is 2.97. The fourth-order valence-corrected chi connectivity index (χ4v) is 2.27. The highest BCUT2D eigenvalue weighted by Gasteiger charge is 2.38. The van der Waals surface area contributed by atoms with Crippen LogP contribution in [-0.2, 0) is 19.1 Å². The summed E-state index contributed by atoms with van der Waals surface area (Å²) in [5.74, 6) is -1.68. The predicted molar refractivity (Wildman–Crippen MR) is 86.5 cm³/mol. The molecule has 2 heterocycles. The van der Waals surface area contributed by atoms with Gasteiger partial charge in [0.25, 0.3) is 5.79 Å². The number of hydrogen-bond acceptors (Lipinski definition) is 8. The highest BCUT2D eigenvalue weighted by Crippen LogP contribution is 2.32. The van der Waals surface area contributed by atoms with Crippen LogP contribution in [0.2, 0.25) is 0 Å². The summed E-state index contributed by atoms with van der Waals surface area (Å²) in [4.78, 5) is 27.7. The van der Waals surface area contributed by atoms with Gasteiger partial charge in [0.2, 0.25) is 0 Å². The number of rotatable bonds is 4. The summed E-state index contributed by atoms with van der Waals surface area (Å²) < 4.78 is 20.6. The zero-order valence-electron chi connectivity index (χ0n) is 13.9. The van der Waals surface area contributed by atoms with Crippen molar-refractivity contribution in [2.24, 2.45) is 0 Å². The Hall–Kier alpha value is -3.29. The number of cyclic esters (lactones) is 2. The molecule has 3 rings (SSSR count). The van der Waals surface area contributed by atoms with Crippen LogP contribution < -0.4 is 10.1 Å². The van der Waals surface area contributed by atoms with E-state index in [1.807, 2.05) is 0 Å². The first-order valence-corrected chi connectivity index (χ1v) is 7.40. The highest BCUT2D eigenvalue weighted by atomic mass is 16.7. The molecule has 0 aliphatic carbocycles. The van der Waals surface area contributed by atoms with Gasteiger partial charge in [0.15, 0.2) is 17.7 Å². The van der Waals surface area contributed by atoms with Gasteiger partial charge < -0.3 is 23.9 Å². The second-order valence-corrected chi connectivity index (χ2v) is 5.66. The van der Waals surface area contributed by atoms with E-state index in [9.17, 15) is 9.59 Å². The van der Waals surface area contributed by atoms with Crippen LogP contribution in [0.4, 0.5) is 5.69 Å². The van der Waals surface area contributed by atoms with Crippen molar-refractivity contribution in [3.63, 3.8) is 0 Å². The zero-order valence-corrected chi connectivity index (χ0v) is 13.9. The lowest BCUT2D eigenvalue weighted by Gasteiger charge is -2.29. The molecule has 8 heteroatoms. The third-order valence-corrected chi connectivity index (χ3v) is 3.40. The van der Waals surface area contributed by atoms with Crippen LogP contribution in [0.15, 0.2) is 47.0 Å². The molecule has 1 fully saturated rings. The molecule has 25 heavy (non-hydrogen) atoms. The molecule has 0 radical (unpaired) electrons. The lowest BCUT2D eigenvalue weighted by molar-refractivity contribution is -0.222. The van der Waals surface area contributed by atoms with Gasteiger partial charge in [-0.2, -0.15) is 0 Å². The standard InChI is InChI=1S/C17H16N2O6/c1-17(2)24-15(20)12(16(21)25-17)7-19-10-4-5-11(13(6-10)22-3)14-8-18-9-23-14/h4-9,19H,1-3H3. The Morgan fingerprint density at radius 1 is 1.20 bits per heavy atom. The van der Waals surface area contributed by atoms with Crippen LogP contribution in [0.3, 0.4) is 0 Å². The second-order valence-electron chi connectivity index (χ2n) is 5.66. The van der Waals surface area contributed by atoms with Gasteiger partial charge in [0, 0.05) is 31.8 Å². The number of oxazole rings is 1. The summed E-state index contributed by atoms with van der Waals surface area (Å²) in [5, 5.41) is 2.86. The number of nitrogens with one attached hydrogen (secondary N) is 1. The Balaban J connectivity index is 1.82. The van der Waals surface area contributed by atoms with Crippen molar-refractivity contribution in [3.8, 4) is 17.1 Å². The molecule has 0 atom stereocenters. The van der Waals surface area contributed by atoms with Crippen LogP contribution in [0.25, 0.3) is 11.3 Å². The first-order valence-electron chi connectivity index (χ1n) is 7.40. The molecule has 130 valence electrons. The van der Waals surface area contributed by atoms with Crippen LogP contribution in [-0.4, -0.2) is 29.8 Å². The molecule has 0 amide bonds. The molecular formula is C17H16N2O6. The van der Waals surface area contributed by atoms with E-state index in [0.717, 1.165) is 5.56 Å². The van der Waals surface area contributed by atoms with E-state index in [1.54, 1.807) is 24.4 Å². The molecule has 2 aromatic rings. The van der Waals surface area contributed by atoms with Crippen molar-refractivity contribution in [2.75, 3.05) is 12.4 Å². The molecule has 1 aliphatic rings. The van der Waals surface area contributed by atoms with Crippen molar-refractivity contribution in [1.29, 1.82) is 0 Å². The Morgan fingerprint density at radius 2 is 1.92 bits per heavy atom. The molecule has 1 aliphatic heterocycles. The number of carbonyl (C=O) groups is 2. The lowest BCUT2D eigenvalue weighted by Crippen LogP contribution is -2.42. The summed E-state index contributed by atoms with van der Waals surface area (Å²) in [5.41, 5.74) is 1.09. The van der Waals surface area contributed by atoms with Crippen molar-refractivity contribution in [2.45, 2.75) is 19.6 Å². The Kier molecular flexibility index (Phi) is 4.18. The highest BCUT2D eigenvalue weighted by molar-refractivity contribution is 6.15. The fourth-order valence-electron chi connectivity index (χ4n) is 2.27. The monoisotopic (exact) mass is 344 g/mol. The van der Waals surface area contributed by atoms with Crippen LogP contribution in [0.1, 0.15) is 13.8 Å². The molecule has 0 spiro atoms. The molecule has 0 unspecified atom stereocenters. The summed E-state index contributed by atoms with van der Waals surface area (Å²) >= 11 is 0. The largest absolute Gasteiger partial charge is 0.496 e. The second kappa shape index (κ2) is 6.31. The van der Waals surface area contributed by atoms with Gasteiger partial charge in [0.1, 0.15) is 5.75 Å². The number of hydrogen-bond donors (Lipinski definition) is 1. The van der Waals surface area contributed by atoms with Crippen LogP contribution >= 0.6 is 0 Å². The number of carbonyl (C=O) groups excluding carboxylic acids is 2. The van der Waals surface area contributed by atoms with Gasteiger partial charge in [-0.1, -0.05) is 0 Å². The molecule has 0 bridgehead atoms. The van der Waals surface area contributed by atoms with E-state index in [2.05, 4.69) is 10.3 Å². The molecule has 1 aromatic heterocycles. The lowest BCUT2D eigenvalue weighted by atomic mass is 10.1. The smallest absolute Gasteiger partial charge is 0.350 e. The minimum absolute atomic E-state index is 0.224. The first kappa shape index (κ1) is 16.6. The third-order valence-electron chi connectivity index (χ3n) is 3.40. The predicted octanol–water partition coefficient (Wildman–Crippen LogP) is 2.48. The van der Waals surface area contributed by atoms with E-state index < -0.39 is 17.7 Å². The Morgan fingerprint density at radius 3 is 2.52 bits per heavy atom. The number of methoxy groups -OCH3 is 1. The molecule has 8 nitrogen and oxygen atoms in total. The average molecular weight is 344 g/mol. The Bertz CT molecular complexity index is 817. The first-order chi connectivity index (χ1) is 11.9. The average Bonchev–Trinajstić information content (AvgIpc) is 3.07. The van der Waals surface area contributed by atoms with Gasteiger partial charge in [-0.25, -0.2) is 14.6 Å². The minimum atomic E-state index is -1.27. The zero-order chi connectivity index (χ0) is 18.0. The molecule has 1 aromatic carbocycles. The van der Waals surface area contributed by atoms with E-state index >= 15 is 0 Å². The van der Waals surface area contributed by atoms with Gasteiger partial charge in [-0.15, -0.1) is 0 Å². The van der Waals surface area contributed by atoms with Gasteiger partial charge in [-0.05, 0) is 12.1 Å². The molecule has 0 saturated carbocycles. The normalized spacial score (nSPS) is 16.0. The van der Waals surface area contributed by atoms with E-state index in [1.165, 1.54) is 33.6 Å². The SMILES string of the molecule is COc1cc(NC=C2C(=O)OC(C)(C)OC2=O)ccc1-c1cnco1. The van der Waals surface area contributed by atoms with Crippen molar-refractivity contribution >= 4 is 17.6 Å². The fraction of sp³-hybridized carbons (Fsp3) is 0.235. The number of ether oxygens (including phenoxy) is 3. The maximum atomic E-state index is 11.9. The molecular weight excluding hydrogens is 328 g/mol. The van der Waals surface area contributed by atoms with Crippen LogP contribution in [0.5, 0.6) is 5.75 Å². The van der Waals surface area contributed by atoms with Crippen molar-refractivity contribution < 1.29 is 28.2 Å². The van der Waals surface area contributed by atoms with Gasteiger partial charge >= 0.3 is 11.9 Å². The van der Waals surface area contributed by atoms with Crippen LogP contribution in [0, 0.1) is 0 Å². The summed E-state index contributed by atoms with van der Waals surface area (Å²) in [7, 11) is 1.52. The van der Waals surface area contributed by atoms with E-state index in [-0.39, 0.29) is 5.57 Å². The maximum Gasteiger partial charge on any atom is 0.350 e. The molecule has 1 saturated heterocycles. The number of anilines is 1.